The van der Waals surface area contributed by atoms with Crippen molar-refractivity contribution < 1.29 is 19.4 Å². The Morgan fingerprint density at radius 1 is 1.30 bits per heavy atom. The molecule has 2 N–H and O–H groups in total. The zero-order valence-electron chi connectivity index (χ0n) is 13.8. The van der Waals surface area contributed by atoms with Crippen molar-refractivity contribution in [2.24, 2.45) is 5.92 Å². The van der Waals surface area contributed by atoms with Gasteiger partial charge in [-0.25, -0.2) is 4.79 Å². The highest BCUT2D eigenvalue weighted by atomic mass is 16.5. The first-order valence-electron chi connectivity index (χ1n) is 8.15. The Morgan fingerprint density at radius 3 is 2.65 bits per heavy atom. The molecule has 0 bridgehead atoms. The molecule has 1 aromatic carbocycles. The van der Waals surface area contributed by atoms with Crippen LogP contribution in [0.5, 0.6) is 0 Å². The fourth-order valence-electron chi connectivity index (χ4n) is 2.96. The highest BCUT2D eigenvalue weighted by molar-refractivity contribution is 5.84. The van der Waals surface area contributed by atoms with Gasteiger partial charge in [0.05, 0.1) is 0 Å². The first-order valence-corrected chi connectivity index (χ1v) is 8.15. The van der Waals surface area contributed by atoms with Gasteiger partial charge in [0.1, 0.15) is 0 Å². The van der Waals surface area contributed by atoms with Crippen LogP contribution in [-0.4, -0.2) is 30.2 Å². The number of nitrogens with one attached hydrogen (secondary N) is 1. The van der Waals surface area contributed by atoms with Gasteiger partial charge < -0.3 is 15.2 Å². The molecule has 126 valence electrons. The van der Waals surface area contributed by atoms with Crippen molar-refractivity contribution in [3.05, 3.63) is 34.9 Å². The number of aliphatic carboxylic acids is 1. The first kappa shape index (κ1) is 17.5. The second-order valence-electron chi connectivity index (χ2n) is 6.22. The van der Waals surface area contributed by atoms with E-state index in [9.17, 15) is 14.7 Å². The third-order valence-electron chi connectivity index (χ3n) is 4.63. The summed E-state index contributed by atoms with van der Waals surface area (Å²) in [6.45, 7) is 5.33. The number of carboxylic acid groups (broad SMARTS) is 1. The smallest absolute Gasteiger partial charge is 0.330 e. The lowest BCUT2D eigenvalue weighted by atomic mass is 9.94. The summed E-state index contributed by atoms with van der Waals surface area (Å²) in [4.78, 5) is 23.7. The molecule has 1 atom stereocenters. The third kappa shape index (κ3) is 4.79. The van der Waals surface area contributed by atoms with Gasteiger partial charge in [-0.2, -0.15) is 0 Å². The number of hydrogen-bond donors (Lipinski definition) is 2. The minimum absolute atomic E-state index is 0.204. The molecule has 23 heavy (non-hydrogen) atoms. The van der Waals surface area contributed by atoms with Crippen LogP contribution < -0.4 is 5.32 Å². The number of rotatable bonds is 6. The zero-order valence-corrected chi connectivity index (χ0v) is 13.8. The van der Waals surface area contributed by atoms with E-state index < -0.39 is 12.0 Å². The lowest BCUT2D eigenvalue weighted by molar-refractivity contribution is -0.142. The van der Waals surface area contributed by atoms with Crippen LogP contribution in [0.25, 0.3) is 0 Å². The van der Waals surface area contributed by atoms with Crippen molar-refractivity contribution in [1.29, 1.82) is 0 Å². The molecule has 5 nitrogen and oxygen atoms in total. The standard InChI is InChI=1S/C18H25NO4/c1-12-4-3-5-15(13(12)2)17(18(21)22)19-16(20)7-6-14-8-10-23-11-9-14/h3-5,14,17H,6-11H2,1-2H3,(H,19,20)(H,21,22). The number of hydrogen-bond acceptors (Lipinski definition) is 3. The topological polar surface area (TPSA) is 75.6 Å². The Morgan fingerprint density at radius 2 is 2.00 bits per heavy atom. The maximum atomic E-state index is 12.2. The predicted molar refractivity (Wildman–Crippen MR) is 87.2 cm³/mol. The van der Waals surface area contributed by atoms with E-state index in [1.165, 1.54) is 0 Å². The Hall–Kier alpha value is -1.88. The number of carboxylic acids is 1. The minimum atomic E-state index is -1.03. The summed E-state index contributed by atoms with van der Waals surface area (Å²) in [5, 5.41) is 12.1. The number of benzene rings is 1. The Balaban J connectivity index is 1.97. The molecule has 1 heterocycles. The molecule has 5 heteroatoms. The molecule has 0 aliphatic carbocycles. The lowest BCUT2D eigenvalue weighted by Gasteiger charge is -2.22. The zero-order chi connectivity index (χ0) is 16.8. The van der Waals surface area contributed by atoms with E-state index in [0.717, 1.165) is 43.6 Å². The average Bonchev–Trinajstić information content (AvgIpc) is 2.54. The highest BCUT2D eigenvalue weighted by Crippen LogP contribution is 2.23. The van der Waals surface area contributed by atoms with E-state index in [1.54, 1.807) is 6.07 Å². The number of carbonyl (C=O) groups excluding carboxylic acids is 1. The predicted octanol–water partition coefficient (Wildman–Crippen LogP) is 2.75. The van der Waals surface area contributed by atoms with Gasteiger partial charge >= 0.3 is 5.97 Å². The van der Waals surface area contributed by atoms with E-state index in [1.807, 2.05) is 26.0 Å². The first-order chi connectivity index (χ1) is 11.0. The molecule has 0 radical (unpaired) electrons. The second-order valence-corrected chi connectivity index (χ2v) is 6.22. The Bertz CT molecular complexity index is 564. The quantitative estimate of drug-likeness (QED) is 0.845. The van der Waals surface area contributed by atoms with Crippen molar-refractivity contribution >= 4 is 11.9 Å². The number of ether oxygens (including phenoxy) is 1. The summed E-state index contributed by atoms with van der Waals surface area (Å²) in [6, 6.07) is 4.53. The van der Waals surface area contributed by atoms with E-state index >= 15 is 0 Å². The summed E-state index contributed by atoms with van der Waals surface area (Å²) in [5.41, 5.74) is 2.58. The van der Waals surface area contributed by atoms with E-state index in [0.29, 0.717) is 17.9 Å². The minimum Gasteiger partial charge on any atom is -0.479 e. The molecule has 0 aromatic heterocycles. The molecule has 1 amide bonds. The number of aryl methyl sites for hydroxylation is 1. The molecule has 1 saturated heterocycles. The van der Waals surface area contributed by atoms with Gasteiger partial charge in [-0.3, -0.25) is 4.79 Å². The lowest BCUT2D eigenvalue weighted by Crippen LogP contribution is -2.34. The summed E-state index contributed by atoms with van der Waals surface area (Å²) < 4.78 is 5.31. The van der Waals surface area contributed by atoms with Crippen LogP contribution in [0.3, 0.4) is 0 Å². The van der Waals surface area contributed by atoms with Gasteiger partial charge in [0.25, 0.3) is 0 Å². The van der Waals surface area contributed by atoms with Crippen molar-refractivity contribution in [2.45, 2.75) is 45.6 Å². The third-order valence-corrected chi connectivity index (χ3v) is 4.63. The maximum Gasteiger partial charge on any atom is 0.330 e. The van der Waals surface area contributed by atoms with Crippen LogP contribution in [0.15, 0.2) is 18.2 Å². The number of carbonyl (C=O) groups is 2. The molecule has 1 aromatic rings. The normalized spacial score (nSPS) is 16.8. The molecule has 0 saturated carbocycles. The fraction of sp³-hybridized carbons (Fsp3) is 0.556. The largest absolute Gasteiger partial charge is 0.479 e. The van der Waals surface area contributed by atoms with Crippen molar-refractivity contribution in [2.75, 3.05) is 13.2 Å². The fourth-order valence-corrected chi connectivity index (χ4v) is 2.96. The van der Waals surface area contributed by atoms with Gasteiger partial charge in [0, 0.05) is 19.6 Å². The van der Waals surface area contributed by atoms with Crippen LogP contribution in [-0.2, 0) is 14.3 Å². The molecule has 1 aliphatic heterocycles. The van der Waals surface area contributed by atoms with Gasteiger partial charge in [-0.15, -0.1) is 0 Å². The SMILES string of the molecule is Cc1cccc(C(NC(=O)CCC2CCOCC2)C(=O)O)c1C. The molecule has 1 fully saturated rings. The average molecular weight is 319 g/mol. The highest BCUT2D eigenvalue weighted by Gasteiger charge is 2.24. The van der Waals surface area contributed by atoms with Crippen LogP contribution in [0.2, 0.25) is 0 Å². The summed E-state index contributed by atoms with van der Waals surface area (Å²) >= 11 is 0. The summed E-state index contributed by atoms with van der Waals surface area (Å²) in [7, 11) is 0. The Labute approximate surface area is 137 Å². The van der Waals surface area contributed by atoms with Gasteiger partial charge in [0.2, 0.25) is 5.91 Å². The molecular weight excluding hydrogens is 294 g/mol. The van der Waals surface area contributed by atoms with Crippen LogP contribution in [0.4, 0.5) is 0 Å². The van der Waals surface area contributed by atoms with E-state index in [4.69, 9.17) is 4.74 Å². The van der Waals surface area contributed by atoms with Crippen LogP contribution in [0.1, 0.15) is 48.4 Å². The van der Waals surface area contributed by atoms with Crippen LogP contribution in [0, 0.1) is 19.8 Å². The molecular formula is C18H25NO4. The van der Waals surface area contributed by atoms with Crippen molar-refractivity contribution in [3.8, 4) is 0 Å². The van der Waals surface area contributed by atoms with Gasteiger partial charge in [-0.1, -0.05) is 18.2 Å². The summed E-state index contributed by atoms with van der Waals surface area (Å²) in [5.74, 6) is -0.735. The molecule has 1 unspecified atom stereocenters. The second kappa shape index (κ2) is 8.11. The molecule has 1 aliphatic rings. The number of amides is 1. The van der Waals surface area contributed by atoms with Crippen molar-refractivity contribution in [1.82, 2.24) is 5.32 Å². The van der Waals surface area contributed by atoms with E-state index in [-0.39, 0.29) is 5.91 Å². The monoisotopic (exact) mass is 319 g/mol. The van der Waals surface area contributed by atoms with Gasteiger partial charge in [0.15, 0.2) is 6.04 Å². The molecule has 0 spiro atoms. The maximum absolute atomic E-state index is 12.2. The molecule has 2 rings (SSSR count). The van der Waals surface area contributed by atoms with Gasteiger partial charge in [-0.05, 0) is 55.7 Å². The Kier molecular flexibility index (Phi) is 6.16. The van der Waals surface area contributed by atoms with Crippen molar-refractivity contribution in [3.63, 3.8) is 0 Å². The summed E-state index contributed by atoms with van der Waals surface area (Å²) in [6.07, 6.45) is 3.10. The van der Waals surface area contributed by atoms with E-state index in [2.05, 4.69) is 5.32 Å². The van der Waals surface area contributed by atoms with Crippen LogP contribution >= 0.6 is 0 Å².